The molecule has 0 radical (unpaired) electrons. The maximum atomic E-state index is 13.3. The molecule has 0 aliphatic heterocycles. The molecule has 1 unspecified atom stereocenters. The molecule has 0 aliphatic carbocycles. The number of nitrogens with one attached hydrogen (secondary N) is 2. The number of amides is 1. The van der Waals surface area contributed by atoms with Crippen LogP contribution in [0, 0.1) is 5.82 Å². The lowest BCUT2D eigenvalue weighted by Gasteiger charge is -2.13. The monoisotopic (exact) mass is 482 g/mol. The average Bonchev–Trinajstić information content (AvgIpc) is 3.27. The lowest BCUT2D eigenvalue weighted by molar-refractivity contribution is -0.117. The van der Waals surface area contributed by atoms with Gasteiger partial charge in [-0.3, -0.25) is 9.59 Å². The second-order valence-electron chi connectivity index (χ2n) is 8.63. The Hall–Kier alpha value is -4.72. The fourth-order valence-corrected chi connectivity index (χ4v) is 4.22. The zero-order chi connectivity index (χ0) is 25.4. The van der Waals surface area contributed by atoms with Crippen LogP contribution < -0.4 is 10.9 Å². The Kier molecular flexibility index (Phi) is 5.85. The van der Waals surface area contributed by atoms with Gasteiger partial charge in [0.25, 0.3) is 5.56 Å². The van der Waals surface area contributed by atoms with Gasteiger partial charge in [0.05, 0.1) is 22.5 Å². The molecule has 3 heterocycles. The lowest BCUT2D eigenvalue weighted by atomic mass is 9.99. The third-order valence-corrected chi connectivity index (χ3v) is 6.25. The molecule has 0 saturated carbocycles. The Balaban J connectivity index is 1.56. The number of anilines is 1. The van der Waals surface area contributed by atoms with Crippen LogP contribution in [0.2, 0.25) is 0 Å². The number of halogens is 1. The van der Waals surface area contributed by atoms with E-state index in [1.165, 1.54) is 16.7 Å². The summed E-state index contributed by atoms with van der Waals surface area (Å²) in [7, 11) is 1.69. The quantitative estimate of drug-likeness (QED) is 0.321. The third kappa shape index (κ3) is 4.24. The van der Waals surface area contributed by atoms with Crippen LogP contribution >= 0.6 is 0 Å². The summed E-state index contributed by atoms with van der Waals surface area (Å²) < 4.78 is 14.8. The molecule has 0 saturated heterocycles. The summed E-state index contributed by atoms with van der Waals surface area (Å²) in [6, 6.07) is 17.8. The fourth-order valence-electron chi connectivity index (χ4n) is 4.22. The predicted octanol–water partition coefficient (Wildman–Crippen LogP) is 5.18. The number of phenols is 1. The second-order valence-corrected chi connectivity index (χ2v) is 8.63. The van der Waals surface area contributed by atoms with Crippen molar-refractivity contribution in [3.63, 3.8) is 0 Å². The van der Waals surface area contributed by atoms with Crippen LogP contribution in [0.25, 0.3) is 33.3 Å². The molecular weight excluding hydrogens is 459 g/mol. The summed E-state index contributed by atoms with van der Waals surface area (Å²) in [5.41, 5.74) is 4.04. The Bertz CT molecular complexity index is 1640. The van der Waals surface area contributed by atoms with Crippen molar-refractivity contribution < 1.29 is 14.3 Å². The van der Waals surface area contributed by atoms with Crippen molar-refractivity contribution in [2.75, 3.05) is 5.32 Å². The van der Waals surface area contributed by atoms with Crippen molar-refractivity contribution in [1.82, 2.24) is 14.5 Å². The van der Waals surface area contributed by atoms with E-state index < -0.39 is 5.92 Å². The number of rotatable bonds is 5. The largest absolute Gasteiger partial charge is 0.508 e. The van der Waals surface area contributed by atoms with Gasteiger partial charge in [0, 0.05) is 30.6 Å². The highest BCUT2D eigenvalue weighted by Gasteiger charge is 2.20. The number of pyridine rings is 2. The lowest BCUT2D eigenvalue weighted by Crippen LogP contribution is -2.19. The van der Waals surface area contributed by atoms with E-state index in [9.17, 15) is 19.1 Å². The summed E-state index contributed by atoms with van der Waals surface area (Å²) in [6.45, 7) is 1.74. The Morgan fingerprint density at radius 3 is 2.50 bits per heavy atom. The van der Waals surface area contributed by atoms with E-state index in [1.807, 2.05) is 6.07 Å². The second kappa shape index (κ2) is 9.14. The van der Waals surface area contributed by atoms with Crippen LogP contribution in [-0.4, -0.2) is 25.5 Å². The molecule has 3 N–H and O–H groups in total. The van der Waals surface area contributed by atoms with E-state index in [-0.39, 0.29) is 23.0 Å². The van der Waals surface area contributed by atoms with Crippen LogP contribution in [0.5, 0.6) is 5.75 Å². The van der Waals surface area contributed by atoms with E-state index in [0.717, 1.165) is 11.1 Å². The maximum Gasteiger partial charge on any atom is 0.260 e. The molecule has 8 heteroatoms. The standard InChI is InChI=1S/C28H23FN4O3/c1-16(17-3-7-20(29)8-4-17)27(35)32-23-15-19(11-13-30-23)26-24(18-5-9-21(34)10-6-18)25-22(31-26)12-14-33(2)28(25)36/h3-16,31,34H,1-2H3,(H,30,32,35). The minimum atomic E-state index is -0.514. The van der Waals surface area contributed by atoms with Crippen molar-refractivity contribution in [1.29, 1.82) is 0 Å². The first kappa shape index (κ1) is 23.0. The minimum Gasteiger partial charge on any atom is -0.508 e. The van der Waals surface area contributed by atoms with Crippen LogP contribution in [0.4, 0.5) is 10.2 Å². The number of carbonyl (C=O) groups is 1. The van der Waals surface area contributed by atoms with Gasteiger partial charge < -0.3 is 20.0 Å². The molecule has 1 amide bonds. The molecule has 5 rings (SSSR count). The summed E-state index contributed by atoms with van der Waals surface area (Å²) in [6.07, 6.45) is 3.28. The number of hydrogen-bond acceptors (Lipinski definition) is 4. The molecule has 180 valence electrons. The highest BCUT2D eigenvalue weighted by Crippen LogP contribution is 2.37. The fraction of sp³-hybridized carbons (Fsp3) is 0.107. The SMILES string of the molecule is CC(C(=O)Nc1cc(-c2[nH]c3ccn(C)c(=O)c3c2-c2ccc(O)cc2)ccn1)c1ccc(F)cc1. The number of nitrogens with zero attached hydrogens (tertiary/aromatic N) is 2. The zero-order valence-corrected chi connectivity index (χ0v) is 19.6. The maximum absolute atomic E-state index is 13.3. The van der Waals surface area contributed by atoms with Crippen molar-refractivity contribution in [2.24, 2.45) is 7.05 Å². The number of H-pyrrole nitrogens is 1. The number of phenolic OH excluding ortho intramolecular Hbond substituents is 1. The van der Waals surface area contributed by atoms with Gasteiger partial charge >= 0.3 is 0 Å². The smallest absolute Gasteiger partial charge is 0.260 e. The third-order valence-electron chi connectivity index (χ3n) is 6.25. The highest BCUT2D eigenvalue weighted by atomic mass is 19.1. The number of fused-ring (bicyclic) bond motifs is 1. The van der Waals surface area contributed by atoms with Crippen LogP contribution in [0.15, 0.2) is 83.9 Å². The van der Waals surface area contributed by atoms with Gasteiger partial charge in [-0.05, 0) is 60.5 Å². The van der Waals surface area contributed by atoms with Crippen LogP contribution in [0.1, 0.15) is 18.4 Å². The van der Waals surface area contributed by atoms with Gasteiger partial charge in [-0.1, -0.05) is 24.3 Å². The number of benzene rings is 2. The van der Waals surface area contributed by atoms with E-state index >= 15 is 0 Å². The molecule has 5 aromatic rings. The molecule has 0 aliphatic rings. The van der Waals surface area contributed by atoms with Crippen LogP contribution in [0.3, 0.4) is 0 Å². The number of aryl methyl sites for hydroxylation is 1. The molecule has 0 spiro atoms. The zero-order valence-electron chi connectivity index (χ0n) is 19.6. The Labute approximate surface area is 205 Å². The molecule has 36 heavy (non-hydrogen) atoms. The summed E-state index contributed by atoms with van der Waals surface area (Å²) in [5.74, 6) is -0.694. The predicted molar refractivity (Wildman–Crippen MR) is 137 cm³/mol. The number of carbonyl (C=O) groups excluding carboxylic acids is 1. The molecule has 7 nitrogen and oxygen atoms in total. The van der Waals surface area contributed by atoms with Gasteiger partial charge in [0.1, 0.15) is 17.4 Å². The first-order valence-corrected chi connectivity index (χ1v) is 11.4. The summed E-state index contributed by atoms with van der Waals surface area (Å²) >= 11 is 0. The molecule has 3 aromatic heterocycles. The normalized spacial score (nSPS) is 12.0. The number of aromatic nitrogens is 3. The van der Waals surface area contributed by atoms with Crippen molar-refractivity contribution in [3.05, 3.63) is 101 Å². The molecule has 0 bridgehead atoms. The highest BCUT2D eigenvalue weighted by molar-refractivity contribution is 6.04. The molecule has 2 aromatic carbocycles. The van der Waals surface area contributed by atoms with E-state index in [0.29, 0.717) is 33.5 Å². The van der Waals surface area contributed by atoms with E-state index in [2.05, 4.69) is 15.3 Å². The summed E-state index contributed by atoms with van der Waals surface area (Å²) in [5, 5.41) is 13.1. The van der Waals surface area contributed by atoms with E-state index in [4.69, 9.17) is 0 Å². The average molecular weight is 483 g/mol. The first-order chi connectivity index (χ1) is 17.3. The van der Waals surface area contributed by atoms with Gasteiger partial charge in [-0.25, -0.2) is 9.37 Å². The minimum absolute atomic E-state index is 0.122. The topological polar surface area (TPSA) is 100 Å². The Morgan fingerprint density at radius 2 is 1.78 bits per heavy atom. The molecular formula is C28H23FN4O3. The summed E-state index contributed by atoms with van der Waals surface area (Å²) in [4.78, 5) is 33.6. The van der Waals surface area contributed by atoms with Gasteiger partial charge in [0.15, 0.2) is 0 Å². The van der Waals surface area contributed by atoms with E-state index in [1.54, 1.807) is 74.9 Å². The Morgan fingerprint density at radius 1 is 1.06 bits per heavy atom. The van der Waals surface area contributed by atoms with Gasteiger partial charge in [-0.2, -0.15) is 0 Å². The van der Waals surface area contributed by atoms with Crippen molar-refractivity contribution in [3.8, 4) is 28.1 Å². The van der Waals surface area contributed by atoms with Crippen molar-refractivity contribution in [2.45, 2.75) is 12.8 Å². The van der Waals surface area contributed by atoms with Gasteiger partial charge in [0.2, 0.25) is 5.91 Å². The molecule has 0 fully saturated rings. The first-order valence-electron chi connectivity index (χ1n) is 11.4. The van der Waals surface area contributed by atoms with Gasteiger partial charge in [-0.15, -0.1) is 0 Å². The number of aromatic hydroxyl groups is 1. The molecule has 1 atom stereocenters. The van der Waals surface area contributed by atoms with Crippen molar-refractivity contribution >= 4 is 22.6 Å². The number of hydrogen-bond donors (Lipinski definition) is 3. The van der Waals surface area contributed by atoms with Crippen LogP contribution in [-0.2, 0) is 11.8 Å². The number of aromatic amines is 1.